The molecule has 0 bridgehead atoms. The van der Waals surface area contributed by atoms with E-state index in [-0.39, 0.29) is 25.1 Å². The number of carbonyl (C=O) groups excluding carboxylic acids is 3. The number of piperidine rings is 1. The number of esters is 1. The van der Waals surface area contributed by atoms with Crippen molar-refractivity contribution in [3.63, 3.8) is 0 Å². The SMILES string of the molecule is CCc1cccc(C)c1NC(=O)COC(=O)C1CCCN(C(=O)Nc2ccccc2)C1. The predicted octanol–water partition coefficient (Wildman–Crippen LogP) is 3.98. The fourth-order valence-corrected chi connectivity index (χ4v) is 3.71. The number of likely N-dealkylation sites (tertiary alicyclic amines) is 1. The van der Waals surface area contributed by atoms with Crippen molar-refractivity contribution in [1.29, 1.82) is 0 Å². The summed E-state index contributed by atoms with van der Waals surface area (Å²) in [5.74, 6) is -1.26. The van der Waals surface area contributed by atoms with Gasteiger partial charge in [0.1, 0.15) is 0 Å². The number of hydrogen-bond acceptors (Lipinski definition) is 4. The van der Waals surface area contributed by atoms with Gasteiger partial charge in [-0.2, -0.15) is 0 Å². The molecular weight excluding hydrogens is 394 g/mol. The van der Waals surface area contributed by atoms with Crippen LogP contribution in [-0.2, 0) is 20.7 Å². The van der Waals surface area contributed by atoms with Crippen LogP contribution in [0.2, 0.25) is 0 Å². The van der Waals surface area contributed by atoms with Gasteiger partial charge < -0.3 is 20.3 Å². The average Bonchev–Trinajstić information content (AvgIpc) is 2.79. The molecule has 31 heavy (non-hydrogen) atoms. The fraction of sp³-hybridized carbons (Fsp3) is 0.375. The lowest BCUT2D eigenvalue weighted by Gasteiger charge is -2.31. The van der Waals surface area contributed by atoms with Gasteiger partial charge in [0.15, 0.2) is 6.61 Å². The second kappa shape index (κ2) is 10.6. The second-order valence-corrected chi connectivity index (χ2v) is 7.70. The highest BCUT2D eigenvalue weighted by Crippen LogP contribution is 2.22. The number of para-hydroxylation sites is 2. The molecule has 1 aliphatic rings. The molecule has 2 aromatic rings. The van der Waals surface area contributed by atoms with Gasteiger partial charge in [-0.25, -0.2) is 4.79 Å². The molecule has 1 unspecified atom stereocenters. The van der Waals surface area contributed by atoms with Crippen molar-refractivity contribution in [2.75, 3.05) is 30.3 Å². The maximum absolute atomic E-state index is 12.5. The number of urea groups is 1. The molecule has 7 nitrogen and oxygen atoms in total. The summed E-state index contributed by atoms with van der Waals surface area (Å²) in [6, 6.07) is 14.8. The first-order valence-corrected chi connectivity index (χ1v) is 10.6. The Balaban J connectivity index is 1.50. The number of nitrogens with one attached hydrogen (secondary N) is 2. The topological polar surface area (TPSA) is 87.7 Å². The van der Waals surface area contributed by atoms with Crippen molar-refractivity contribution < 1.29 is 19.1 Å². The van der Waals surface area contributed by atoms with Gasteiger partial charge in [0, 0.05) is 24.5 Å². The summed E-state index contributed by atoms with van der Waals surface area (Å²) < 4.78 is 5.27. The number of aryl methyl sites for hydroxylation is 2. The standard InChI is InChI=1S/C24H29N3O4/c1-3-18-10-7-9-17(2)22(18)26-21(28)16-31-23(29)19-11-8-14-27(15-19)24(30)25-20-12-5-4-6-13-20/h4-7,9-10,12-13,19H,3,8,11,14-16H2,1-2H3,(H,25,30)(H,26,28). The fourth-order valence-electron chi connectivity index (χ4n) is 3.71. The van der Waals surface area contributed by atoms with Gasteiger partial charge in [-0.1, -0.05) is 43.3 Å². The number of ether oxygens (including phenoxy) is 1. The van der Waals surface area contributed by atoms with Gasteiger partial charge in [-0.05, 0) is 49.4 Å². The Hall–Kier alpha value is -3.35. The third-order valence-electron chi connectivity index (χ3n) is 5.42. The van der Waals surface area contributed by atoms with Crippen LogP contribution in [0, 0.1) is 12.8 Å². The van der Waals surface area contributed by atoms with E-state index in [4.69, 9.17) is 4.74 Å². The molecule has 1 aliphatic heterocycles. The van der Waals surface area contributed by atoms with Crippen LogP contribution in [-0.4, -0.2) is 42.5 Å². The number of carbonyl (C=O) groups is 3. The van der Waals surface area contributed by atoms with E-state index in [2.05, 4.69) is 10.6 Å². The van der Waals surface area contributed by atoms with Crippen LogP contribution in [0.1, 0.15) is 30.9 Å². The molecule has 3 rings (SSSR count). The van der Waals surface area contributed by atoms with Crippen LogP contribution in [0.25, 0.3) is 0 Å². The highest BCUT2D eigenvalue weighted by Gasteiger charge is 2.30. The maximum atomic E-state index is 12.5. The molecule has 2 N–H and O–H groups in total. The van der Waals surface area contributed by atoms with Crippen molar-refractivity contribution in [2.45, 2.75) is 33.1 Å². The van der Waals surface area contributed by atoms with Gasteiger partial charge in [0.25, 0.3) is 5.91 Å². The summed E-state index contributed by atoms with van der Waals surface area (Å²) in [7, 11) is 0. The van der Waals surface area contributed by atoms with E-state index in [9.17, 15) is 14.4 Å². The number of amides is 3. The monoisotopic (exact) mass is 423 g/mol. The normalized spacial score (nSPS) is 15.8. The highest BCUT2D eigenvalue weighted by atomic mass is 16.5. The minimum absolute atomic E-state index is 0.243. The van der Waals surface area contributed by atoms with Gasteiger partial charge >= 0.3 is 12.0 Å². The van der Waals surface area contributed by atoms with Crippen LogP contribution in [0.15, 0.2) is 48.5 Å². The molecule has 3 amide bonds. The Morgan fingerprint density at radius 2 is 1.84 bits per heavy atom. The van der Waals surface area contributed by atoms with Crippen LogP contribution < -0.4 is 10.6 Å². The van der Waals surface area contributed by atoms with Gasteiger partial charge in [-0.3, -0.25) is 9.59 Å². The van der Waals surface area contributed by atoms with E-state index in [0.717, 1.165) is 23.2 Å². The summed E-state index contributed by atoms with van der Waals surface area (Å²) in [6.07, 6.45) is 2.13. The van der Waals surface area contributed by atoms with E-state index >= 15 is 0 Å². The number of rotatable bonds is 6. The lowest BCUT2D eigenvalue weighted by atomic mass is 9.98. The summed E-state index contributed by atoms with van der Waals surface area (Å²) in [6.45, 7) is 4.46. The Kier molecular flexibility index (Phi) is 7.65. The average molecular weight is 424 g/mol. The Morgan fingerprint density at radius 1 is 1.06 bits per heavy atom. The molecule has 0 radical (unpaired) electrons. The Bertz CT molecular complexity index is 930. The highest BCUT2D eigenvalue weighted by molar-refractivity contribution is 5.94. The van der Waals surface area contributed by atoms with Crippen LogP contribution in [0.5, 0.6) is 0 Å². The van der Waals surface area contributed by atoms with Crippen LogP contribution >= 0.6 is 0 Å². The molecule has 1 saturated heterocycles. The quantitative estimate of drug-likeness (QED) is 0.688. The second-order valence-electron chi connectivity index (χ2n) is 7.70. The van der Waals surface area contributed by atoms with E-state index in [0.29, 0.717) is 25.1 Å². The zero-order valence-electron chi connectivity index (χ0n) is 18.0. The van der Waals surface area contributed by atoms with Crippen molar-refractivity contribution in [3.8, 4) is 0 Å². The van der Waals surface area contributed by atoms with E-state index in [1.54, 1.807) is 4.90 Å². The van der Waals surface area contributed by atoms with Gasteiger partial charge in [0.2, 0.25) is 0 Å². The molecular formula is C24H29N3O4. The first-order chi connectivity index (χ1) is 15.0. The largest absolute Gasteiger partial charge is 0.455 e. The zero-order valence-corrected chi connectivity index (χ0v) is 18.0. The van der Waals surface area contributed by atoms with Crippen molar-refractivity contribution in [1.82, 2.24) is 4.90 Å². The molecule has 2 aromatic carbocycles. The molecule has 0 spiro atoms. The minimum Gasteiger partial charge on any atom is -0.455 e. The lowest BCUT2D eigenvalue weighted by Crippen LogP contribution is -2.45. The molecule has 0 aromatic heterocycles. The maximum Gasteiger partial charge on any atom is 0.321 e. The third-order valence-corrected chi connectivity index (χ3v) is 5.42. The van der Waals surface area contributed by atoms with E-state index < -0.39 is 11.9 Å². The molecule has 0 aliphatic carbocycles. The third kappa shape index (κ3) is 6.07. The van der Waals surface area contributed by atoms with Crippen LogP contribution in [0.4, 0.5) is 16.2 Å². The number of hydrogen-bond donors (Lipinski definition) is 2. The van der Waals surface area contributed by atoms with Crippen molar-refractivity contribution in [3.05, 3.63) is 59.7 Å². The summed E-state index contributed by atoms with van der Waals surface area (Å²) in [5, 5.41) is 5.69. The molecule has 1 heterocycles. The molecule has 0 saturated carbocycles. The van der Waals surface area contributed by atoms with E-state index in [1.165, 1.54) is 0 Å². The first kappa shape index (κ1) is 22.3. The molecule has 1 fully saturated rings. The molecule has 164 valence electrons. The Labute approximate surface area is 182 Å². The summed E-state index contributed by atoms with van der Waals surface area (Å²) in [5.41, 5.74) is 3.47. The van der Waals surface area contributed by atoms with Gasteiger partial charge in [0.05, 0.1) is 5.92 Å². The zero-order chi connectivity index (χ0) is 22.2. The summed E-state index contributed by atoms with van der Waals surface area (Å²) >= 11 is 0. The number of benzene rings is 2. The van der Waals surface area contributed by atoms with E-state index in [1.807, 2.05) is 62.4 Å². The molecule has 1 atom stereocenters. The van der Waals surface area contributed by atoms with Crippen molar-refractivity contribution in [2.24, 2.45) is 5.92 Å². The predicted molar refractivity (Wildman–Crippen MR) is 120 cm³/mol. The lowest BCUT2D eigenvalue weighted by molar-refractivity contribution is -0.152. The first-order valence-electron chi connectivity index (χ1n) is 10.6. The van der Waals surface area contributed by atoms with Crippen molar-refractivity contribution >= 4 is 29.3 Å². The number of nitrogens with zero attached hydrogens (tertiary/aromatic N) is 1. The molecule has 7 heteroatoms. The smallest absolute Gasteiger partial charge is 0.321 e. The van der Waals surface area contributed by atoms with Gasteiger partial charge in [-0.15, -0.1) is 0 Å². The Morgan fingerprint density at radius 3 is 2.58 bits per heavy atom. The number of anilines is 2. The van der Waals surface area contributed by atoms with Crippen LogP contribution in [0.3, 0.4) is 0 Å². The minimum atomic E-state index is -0.451. The summed E-state index contributed by atoms with van der Waals surface area (Å²) in [4.78, 5) is 39.0.